The molecule has 0 aromatic heterocycles. The minimum Gasteiger partial charge on any atom is -0.416 e. The summed E-state index contributed by atoms with van der Waals surface area (Å²) in [7, 11) is -4.77. The van der Waals surface area contributed by atoms with E-state index in [2.05, 4.69) is 101 Å². The molecular formula is C44H70Br4N4O8S2. The Morgan fingerprint density at radius 1 is 0.435 bits per heavy atom. The van der Waals surface area contributed by atoms with E-state index in [0.29, 0.717) is 26.2 Å². The number of sulfonamides is 2. The lowest BCUT2D eigenvalue weighted by molar-refractivity contribution is -0.156. The molecule has 2 rings (SSSR count). The zero-order valence-corrected chi connectivity index (χ0v) is 45.6. The Bertz CT molecular complexity index is 1700. The van der Waals surface area contributed by atoms with Gasteiger partial charge in [-0.2, -0.15) is 8.61 Å². The maximum Gasteiger partial charge on any atom is 0.423 e. The van der Waals surface area contributed by atoms with Gasteiger partial charge in [0.1, 0.15) is 0 Å². The molecule has 0 aliphatic heterocycles. The first-order chi connectivity index (χ1) is 29.4. The highest BCUT2D eigenvalue weighted by molar-refractivity contribution is 9.11. The lowest BCUT2D eigenvalue weighted by atomic mass is 10.1. The van der Waals surface area contributed by atoms with Crippen LogP contribution in [0.5, 0.6) is 11.5 Å². The molecule has 0 saturated heterocycles. The van der Waals surface area contributed by atoms with Crippen molar-refractivity contribution in [3.8, 4) is 11.5 Å². The molecule has 354 valence electrons. The van der Waals surface area contributed by atoms with Crippen molar-refractivity contribution in [2.75, 3.05) is 66.5 Å². The Morgan fingerprint density at radius 3 is 0.935 bits per heavy atom. The summed E-state index contributed by atoms with van der Waals surface area (Å²) in [6.07, 6.45) is 18.3. The molecule has 0 saturated carbocycles. The van der Waals surface area contributed by atoms with Crippen LogP contribution < -0.4 is 9.47 Å². The Labute approximate surface area is 407 Å². The molecule has 0 fully saturated rings. The quantitative estimate of drug-likeness (QED) is 0.0302. The van der Waals surface area contributed by atoms with Crippen molar-refractivity contribution < 1.29 is 35.9 Å². The van der Waals surface area contributed by atoms with Crippen molar-refractivity contribution >= 4 is 95.7 Å². The molecular weight excluding hydrogens is 1100 g/mol. The number of carbonyl (C=O) groups is 2. The van der Waals surface area contributed by atoms with Crippen molar-refractivity contribution in [1.29, 1.82) is 0 Å². The van der Waals surface area contributed by atoms with Crippen LogP contribution in [0.4, 0.5) is 0 Å². The maximum absolute atomic E-state index is 13.7. The first-order valence-corrected chi connectivity index (χ1v) is 28.3. The van der Waals surface area contributed by atoms with Gasteiger partial charge < -0.3 is 19.3 Å². The molecule has 18 heteroatoms. The van der Waals surface area contributed by atoms with Gasteiger partial charge in [-0.15, -0.1) is 0 Å². The Balaban J connectivity index is 2.12. The highest BCUT2D eigenvalue weighted by Gasteiger charge is 2.29. The minimum absolute atomic E-state index is 0.0331. The summed E-state index contributed by atoms with van der Waals surface area (Å²) in [5.74, 6) is -3.02. The van der Waals surface area contributed by atoms with Crippen LogP contribution in [0, 0.1) is 0 Å². The van der Waals surface area contributed by atoms with E-state index < -0.39 is 32.0 Å². The van der Waals surface area contributed by atoms with Gasteiger partial charge in [-0.1, -0.05) is 105 Å². The van der Waals surface area contributed by atoms with Crippen LogP contribution in [0.3, 0.4) is 0 Å². The largest absolute Gasteiger partial charge is 0.423 e. The van der Waals surface area contributed by atoms with Gasteiger partial charge in [-0.3, -0.25) is 0 Å². The number of ether oxygens (including phenoxy) is 2. The smallest absolute Gasteiger partial charge is 0.416 e. The van der Waals surface area contributed by atoms with Gasteiger partial charge in [0, 0.05) is 40.3 Å². The fourth-order valence-electron chi connectivity index (χ4n) is 6.72. The SMILES string of the molecule is CCCCCCN(CCCCCC)CCN(C)S(=O)(=O)c1cc(Br)c(OC(=O)C(=O)Oc2c(Br)cc(S(=O)(=O)N(C)CCN(CCCCCC)CCCCCC)cc2Br)c(Br)c1. The van der Waals surface area contributed by atoms with E-state index in [-0.39, 0.29) is 39.2 Å². The number of esters is 2. The van der Waals surface area contributed by atoms with E-state index in [1.54, 1.807) is 14.1 Å². The zero-order valence-electron chi connectivity index (χ0n) is 37.7. The van der Waals surface area contributed by atoms with Crippen molar-refractivity contribution in [3.05, 3.63) is 42.2 Å². The number of likely N-dealkylation sites (N-methyl/N-ethyl adjacent to an activating group) is 2. The molecule has 0 atom stereocenters. The van der Waals surface area contributed by atoms with Gasteiger partial charge >= 0.3 is 11.9 Å². The van der Waals surface area contributed by atoms with E-state index >= 15 is 0 Å². The molecule has 0 bridgehead atoms. The number of benzene rings is 2. The predicted molar refractivity (Wildman–Crippen MR) is 264 cm³/mol. The number of carbonyl (C=O) groups excluding carboxylic acids is 2. The van der Waals surface area contributed by atoms with E-state index in [1.807, 2.05) is 0 Å². The maximum atomic E-state index is 13.7. The summed E-state index contributed by atoms with van der Waals surface area (Å²) in [5, 5.41) is 0. The van der Waals surface area contributed by atoms with Crippen LogP contribution in [-0.4, -0.2) is 114 Å². The normalized spacial score (nSPS) is 12.3. The van der Waals surface area contributed by atoms with Crippen molar-refractivity contribution in [3.63, 3.8) is 0 Å². The average molecular weight is 1170 g/mol. The highest BCUT2D eigenvalue weighted by Crippen LogP contribution is 2.39. The second kappa shape index (κ2) is 30.4. The lowest BCUT2D eigenvalue weighted by Gasteiger charge is -2.26. The number of halogens is 4. The van der Waals surface area contributed by atoms with Crippen molar-refractivity contribution in [1.82, 2.24) is 18.4 Å². The van der Waals surface area contributed by atoms with E-state index in [1.165, 1.54) is 58.6 Å². The summed E-state index contributed by atoms with van der Waals surface area (Å²) in [6.45, 7) is 14.2. The Kier molecular flexibility index (Phi) is 28.0. The van der Waals surface area contributed by atoms with Crippen LogP contribution >= 0.6 is 63.7 Å². The van der Waals surface area contributed by atoms with E-state index in [4.69, 9.17) is 9.47 Å². The van der Waals surface area contributed by atoms with Crippen LogP contribution in [0.2, 0.25) is 0 Å². The number of hydrogen-bond donors (Lipinski definition) is 0. The van der Waals surface area contributed by atoms with Crippen LogP contribution in [0.25, 0.3) is 0 Å². The fourth-order valence-corrected chi connectivity index (χ4v) is 12.5. The number of hydrogen-bond acceptors (Lipinski definition) is 10. The molecule has 12 nitrogen and oxygen atoms in total. The van der Waals surface area contributed by atoms with Crippen molar-refractivity contribution in [2.24, 2.45) is 0 Å². The number of unbranched alkanes of at least 4 members (excludes halogenated alkanes) is 12. The Morgan fingerprint density at radius 2 is 0.694 bits per heavy atom. The topological polar surface area (TPSA) is 134 Å². The van der Waals surface area contributed by atoms with Crippen LogP contribution in [0.15, 0.2) is 51.9 Å². The predicted octanol–water partition coefficient (Wildman–Crippen LogP) is 11.4. The summed E-state index contributed by atoms with van der Waals surface area (Å²) < 4.78 is 68.6. The molecule has 2 aromatic carbocycles. The molecule has 0 heterocycles. The molecule has 2 aromatic rings. The third-order valence-electron chi connectivity index (χ3n) is 10.7. The molecule has 0 N–H and O–H groups in total. The molecule has 0 amide bonds. The second-order valence-corrected chi connectivity index (χ2v) is 23.3. The second-order valence-electron chi connectivity index (χ2n) is 15.8. The molecule has 0 aliphatic rings. The van der Waals surface area contributed by atoms with E-state index in [9.17, 15) is 26.4 Å². The molecule has 0 aliphatic carbocycles. The summed E-state index contributed by atoms with van der Waals surface area (Å²) in [6, 6.07) is 5.28. The van der Waals surface area contributed by atoms with Crippen molar-refractivity contribution in [2.45, 2.75) is 140 Å². The fraction of sp³-hybridized carbons (Fsp3) is 0.682. The minimum atomic E-state index is -3.93. The molecule has 0 spiro atoms. The number of nitrogens with zero attached hydrogens (tertiary/aromatic N) is 4. The lowest BCUT2D eigenvalue weighted by Crippen LogP contribution is -2.37. The van der Waals surface area contributed by atoms with Gasteiger partial charge in [-0.25, -0.2) is 26.4 Å². The van der Waals surface area contributed by atoms with Gasteiger partial charge in [0.25, 0.3) is 0 Å². The third-order valence-corrected chi connectivity index (χ3v) is 16.7. The highest BCUT2D eigenvalue weighted by atomic mass is 79.9. The monoisotopic (exact) mass is 1160 g/mol. The average Bonchev–Trinajstić information content (AvgIpc) is 3.23. The summed E-state index contributed by atoms with van der Waals surface area (Å²) in [4.78, 5) is 30.7. The third kappa shape index (κ3) is 19.5. The van der Waals surface area contributed by atoms with Crippen LogP contribution in [-0.2, 0) is 29.6 Å². The van der Waals surface area contributed by atoms with Gasteiger partial charge in [0.15, 0.2) is 11.5 Å². The van der Waals surface area contributed by atoms with Crippen LogP contribution in [0.1, 0.15) is 130 Å². The van der Waals surface area contributed by atoms with E-state index in [0.717, 1.165) is 103 Å². The summed E-state index contributed by atoms with van der Waals surface area (Å²) >= 11 is 13.3. The summed E-state index contributed by atoms with van der Waals surface area (Å²) in [5.41, 5.74) is 0. The van der Waals surface area contributed by atoms with Gasteiger partial charge in [-0.05, 0) is 140 Å². The standard InChI is InChI=1S/C44H70Br4N4O8S2/c1-7-11-15-19-23-51(24-20-16-12-8-2)29-27-49(5)61(55,56)35-31-37(45)41(38(46)32-35)59-43(53)44(54)60-42-39(47)33-36(34-40(42)48)62(57,58)50(6)28-30-52(25-21-17-13-9-3)26-22-18-14-10-4/h31-34H,7-30H2,1-6H3. The molecule has 0 unspecified atom stereocenters. The first-order valence-electron chi connectivity index (χ1n) is 22.2. The Hall–Kier alpha value is -0.960. The zero-order chi connectivity index (χ0) is 46.3. The molecule has 62 heavy (non-hydrogen) atoms. The number of rotatable bonds is 32. The first kappa shape index (κ1) is 57.2. The van der Waals surface area contributed by atoms with Gasteiger partial charge in [0.05, 0.1) is 27.7 Å². The molecule has 0 radical (unpaired) electrons. The van der Waals surface area contributed by atoms with Gasteiger partial charge in [0.2, 0.25) is 20.0 Å².